The van der Waals surface area contributed by atoms with Crippen molar-refractivity contribution in [2.75, 3.05) is 6.61 Å². The van der Waals surface area contributed by atoms with E-state index in [1.54, 1.807) is 45.9 Å². The first-order chi connectivity index (χ1) is 19.6. The van der Waals surface area contributed by atoms with E-state index in [0.29, 0.717) is 6.21 Å². The summed E-state index contributed by atoms with van der Waals surface area (Å²) in [7, 11) is -4.86. The number of hydrogen-bond acceptors (Lipinski definition) is 8. The van der Waals surface area contributed by atoms with Crippen molar-refractivity contribution in [2.45, 2.75) is 51.0 Å². The van der Waals surface area contributed by atoms with Crippen molar-refractivity contribution in [3.63, 3.8) is 0 Å². The van der Waals surface area contributed by atoms with Gasteiger partial charge in [-0.15, -0.1) is 0 Å². The Morgan fingerprint density at radius 3 is 1.79 bits per heavy atom. The third-order valence-electron chi connectivity index (χ3n) is 5.87. The molecular weight excluding hydrogens is 632 g/mol. The number of carbonyl (C=O) groups excluding carboxylic acids is 2. The molecule has 3 rings (SSSR count). The Balaban J connectivity index is 2.02. The van der Waals surface area contributed by atoms with Crippen LogP contribution in [0.25, 0.3) is 0 Å². The minimum Gasteiger partial charge on any atom is -0.459 e. The number of rotatable bonds is 11. The van der Waals surface area contributed by atoms with Gasteiger partial charge in [-0.2, -0.15) is 8.42 Å². The lowest BCUT2D eigenvalue weighted by Gasteiger charge is -2.27. The Morgan fingerprint density at radius 2 is 1.29 bits per heavy atom. The fourth-order valence-corrected chi connectivity index (χ4v) is 6.20. The molecule has 3 aromatic carbocycles. The van der Waals surface area contributed by atoms with Crippen LogP contribution in [-0.2, 0) is 23.8 Å². The van der Waals surface area contributed by atoms with Crippen LogP contribution in [-0.4, -0.2) is 51.6 Å². The summed E-state index contributed by atoms with van der Waals surface area (Å²) in [5.74, 6) is -1.89. The van der Waals surface area contributed by atoms with Crippen molar-refractivity contribution >= 4 is 63.1 Å². The number of halogens is 4. The minimum atomic E-state index is -4.86. The average Bonchev–Trinajstić information content (AvgIpc) is 2.89. The molecule has 13 heteroatoms. The second kappa shape index (κ2) is 14.0. The average molecular weight is 659 g/mol. The van der Waals surface area contributed by atoms with Crippen molar-refractivity contribution in [1.29, 1.82) is 5.41 Å². The van der Waals surface area contributed by atoms with E-state index in [0.717, 1.165) is 34.4 Å². The fraction of sp³-hybridized carbons (Fsp3) is 0.276. The molecule has 0 heterocycles. The lowest BCUT2D eigenvalue weighted by Crippen LogP contribution is -2.45. The van der Waals surface area contributed by atoms with Gasteiger partial charge in [0.05, 0.1) is 26.2 Å². The third-order valence-corrected chi connectivity index (χ3v) is 8.39. The van der Waals surface area contributed by atoms with E-state index in [9.17, 15) is 18.0 Å². The van der Waals surface area contributed by atoms with Crippen LogP contribution in [0.2, 0.25) is 15.1 Å². The van der Waals surface area contributed by atoms with Crippen LogP contribution >= 0.6 is 34.8 Å². The monoisotopic (exact) mass is 657 g/mol. The molecule has 0 bridgehead atoms. The van der Waals surface area contributed by atoms with Crippen LogP contribution in [0.4, 0.5) is 4.39 Å². The van der Waals surface area contributed by atoms with Gasteiger partial charge in [-0.3, -0.25) is 4.18 Å². The first-order valence-electron chi connectivity index (χ1n) is 12.4. The summed E-state index contributed by atoms with van der Waals surface area (Å²) >= 11 is 18.0. The summed E-state index contributed by atoms with van der Waals surface area (Å²) in [4.78, 5) is 25.3. The Kier molecular flexibility index (Phi) is 11.1. The number of hydrogen-bond donors (Lipinski definition) is 1. The van der Waals surface area contributed by atoms with Crippen molar-refractivity contribution in [1.82, 2.24) is 0 Å². The molecule has 3 atom stereocenters. The smallest absolute Gasteiger partial charge is 0.338 e. The first kappa shape index (κ1) is 33.5. The second-order valence-electron chi connectivity index (χ2n) is 9.62. The second-order valence-corrected chi connectivity index (χ2v) is 12.4. The van der Waals surface area contributed by atoms with E-state index in [1.807, 2.05) is 6.07 Å². The highest BCUT2D eigenvalue weighted by atomic mass is 35.5. The van der Waals surface area contributed by atoms with Crippen LogP contribution < -0.4 is 0 Å². The number of benzene rings is 3. The van der Waals surface area contributed by atoms with Gasteiger partial charge in [0.15, 0.2) is 18.4 Å². The Morgan fingerprint density at radius 1 is 0.810 bits per heavy atom. The summed E-state index contributed by atoms with van der Waals surface area (Å²) in [5.41, 5.74) is 3.16. The predicted molar refractivity (Wildman–Crippen MR) is 159 cm³/mol. The van der Waals surface area contributed by atoms with E-state index >= 15 is 4.39 Å². The molecule has 0 fully saturated rings. The molecule has 0 aliphatic carbocycles. The number of aryl methyl sites for hydroxylation is 4. The summed E-state index contributed by atoms with van der Waals surface area (Å²) in [5, 5.41) is 6.91. The fourth-order valence-electron chi connectivity index (χ4n) is 4.15. The van der Waals surface area contributed by atoms with Gasteiger partial charge < -0.3 is 14.9 Å². The molecule has 0 aliphatic rings. The SMILES string of the molecule is Cc1cc(C)cc(C(=O)OC[C@@H](OS(=O)(=O)c2cc(Cl)c(Cl)cc2Cl)[C@@H](OC(=O)c2cc(C)cc(C)c2)[C@H](F)C=N)c1. The normalized spacial score (nSPS) is 13.6. The number of nitrogens with one attached hydrogen (secondary N) is 1. The van der Waals surface area contributed by atoms with Gasteiger partial charge in [-0.25, -0.2) is 14.0 Å². The maximum Gasteiger partial charge on any atom is 0.338 e. The van der Waals surface area contributed by atoms with Crippen molar-refractivity contribution in [2.24, 2.45) is 0 Å². The summed E-state index contributed by atoms with van der Waals surface area (Å²) < 4.78 is 57.8. The maximum absolute atomic E-state index is 15.2. The Bertz CT molecular complexity index is 1590. The molecule has 42 heavy (non-hydrogen) atoms. The van der Waals surface area contributed by atoms with Crippen LogP contribution in [0, 0.1) is 33.1 Å². The van der Waals surface area contributed by atoms with Crippen LogP contribution in [0.3, 0.4) is 0 Å². The van der Waals surface area contributed by atoms with Crippen molar-refractivity contribution < 1.29 is 36.1 Å². The minimum absolute atomic E-state index is 0.0348. The van der Waals surface area contributed by atoms with E-state index in [2.05, 4.69) is 0 Å². The van der Waals surface area contributed by atoms with E-state index in [1.165, 1.54) is 12.1 Å². The van der Waals surface area contributed by atoms with Gasteiger partial charge in [-0.1, -0.05) is 69.2 Å². The lowest BCUT2D eigenvalue weighted by molar-refractivity contribution is -0.0475. The maximum atomic E-state index is 15.2. The largest absolute Gasteiger partial charge is 0.459 e. The summed E-state index contributed by atoms with van der Waals surface area (Å²) in [6.45, 7) is 6.13. The number of alkyl halides is 1. The topological polar surface area (TPSA) is 120 Å². The molecule has 0 unspecified atom stereocenters. The molecule has 0 saturated carbocycles. The van der Waals surface area contributed by atoms with Gasteiger partial charge in [0.25, 0.3) is 10.1 Å². The number of esters is 2. The molecule has 0 aromatic heterocycles. The molecule has 1 N–H and O–H groups in total. The number of carbonyl (C=O) groups is 2. The molecule has 0 amide bonds. The molecule has 0 spiro atoms. The zero-order valence-electron chi connectivity index (χ0n) is 22.9. The molecule has 8 nitrogen and oxygen atoms in total. The van der Waals surface area contributed by atoms with E-state index < -0.39 is 51.9 Å². The summed E-state index contributed by atoms with van der Waals surface area (Å²) in [6.07, 6.45) is -6.05. The van der Waals surface area contributed by atoms with Crippen molar-refractivity contribution in [3.05, 3.63) is 97.0 Å². The standard InChI is InChI=1S/C29H27Cl3FNO7S/c1-15-5-16(2)8-19(7-15)28(35)39-14-25(41-42(37,38)26-12-22(31)21(30)11-23(26)32)27(24(33)13-34)40-29(36)20-9-17(3)6-18(4)10-20/h5-13,24-25,27,34H,14H2,1-4H3/t24-,25-,27+/m1/s1. The van der Waals surface area contributed by atoms with Crippen LogP contribution in [0.15, 0.2) is 53.4 Å². The molecular formula is C29H27Cl3FNO7S. The van der Waals surface area contributed by atoms with E-state index in [-0.39, 0.29) is 26.2 Å². The van der Waals surface area contributed by atoms with Gasteiger partial charge in [0.1, 0.15) is 11.5 Å². The quantitative estimate of drug-likeness (QED) is 0.102. The highest BCUT2D eigenvalue weighted by Gasteiger charge is 2.39. The Labute approximate surface area is 258 Å². The Hall–Kier alpha value is -3.02. The highest BCUT2D eigenvalue weighted by Crippen LogP contribution is 2.33. The highest BCUT2D eigenvalue weighted by molar-refractivity contribution is 7.87. The zero-order chi connectivity index (χ0) is 31.4. The van der Waals surface area contributed by atoms with Crippen LogP contribution in [0.1, 0.15) is 43.0 Å². The first-order valence-corrected chi connectivity index (χ1v) is 14.9. The molecule has 224 valence electrons. The third kappa shape index (κ3) is 8.52. The molecule has 0 aliphatic heterocycles. The predicted octanol–water partition coefficient (Wildman–Crippen LogP) is 7.02. The molecule has 3 aromatic rings. The van der Waals surface area contributed by atoms with Gasteiger partial charge in [0, 0.05) is 6.21 Å². The van der Waals surface area contributed by atoms with Gasteiger partial charge >= 0.3 is 11.9 Å². The zero-order valence-corrected chi connectivity index (χ0v) is 26.0. The van der Waals surface area contributed by atoms with Crippen molar-refractivity contribution in [3.8, 4) is 0 Å². The molecule has 0 saturated heterocycles. The van der Waals surface area contributed by atoms with Crippen LogP contribution in [0.5, 0.6) is 0 Å². The number of ether oxygens (including phenoxy) is 2. The van der Waals surface area contributed by atoms with Gasteiger partial charge in [-0.05, 0) is 64.1 Å². The summed E-state index contributed by atoms with van der Waals surface area (Å²) in [6, 6.07) is 11.7. The molecule has 0 radical (unpaired) electrons. The lowest BCUT2D eigenvalue weighted by atomic mass is 10.1. The van der Waals surface area contributed by atoms with Gasteiger partial charge in [0.2, 0.25) is 0 Å². The van der Waals surface area contributed by atoms with E-state index in [4.69, 9.17) is 53.9 Å².